The standard InChI is InChI=1S/C22H19F4N5O3S/c1-3-16(32)11-35-13(2)28-21(33)29-19-9-4-14(10-18(19)23)20-27-12-31(30-20)15-5-7-17(8-6-15)34-22(24,25)26/h4-10,12H,3,11H2,1-2H3,(H,29,33). The van der Waals surface area contributed by atoms with E-state index in [4.69, 9.17) is 0 Å². The number of ether oxygens (including phenoxy) is 1. The lowest BCUT2D eigenvalue weighted by molar-refractivity contribution is -0.274. The number of rotatable bonds is 7. The maximum atomic E-state index is 14.6. The fourth-order valence-electron chi connectivity index (χ4n) is 2.68. The number of Topliss-reactive ketones (excluding diaryl/α,β-unsaturated/α-hetero) is 1. The van der Waals surface area contributed by atoms with Crippen molar-refractivity contribution in [1.82, 2.24) is 14.8 Å². The van der Waals surface area contributed by atoms with Gasteiger partial charge < -0.3 is 10.1 Å². The minimum Gasteiger partial charge on any atom is -0.406 e. The van der Waals surface area contributed by atoms with Crippen LogP contribution < -0.4 is 10.1 Å². The molecular weight excluding hydrogens is 490 g/mol. The van der Waals surface area contributed by atoms with E-state index in [0.29, 0.717) is 22.7 Å². The van der Waals surface area contributed by atoms with Crippen LogP contribution in [0.15, 0.2) is 53.8 Å². The molecule has 184 valence electrons. The molecule has 0 saturated heterocycles. The Labute approximate surface area is 201 Å². The molecule has 0 unspecified atom stereocenters. The van der Waals surface area contributed by atoms with Gasteiger partial charge in [-0.05, 0) is 49.4 Å². The fraction of sp³-hybridized carbons (Fsp3) is 0.227. The number of halogens is 4. The minimum atomic E-state index is -4.79. The average Bonchev–Trinajstić information content (AvgIpc) is 3.28. The number of carbonyl (C=O) groups excluding carboxylic acids is 2. The number of amides is 2. The highest BCUT2D eigenvalue weighted by atomic mass is 32.2. The molecule has 3 rings (SSSR count). The summed E-state index contributed by atoms with van der Waals surface area (Å²) in [7, 11) is 0. The van der Waals surface area contributed by atoms with Gasteiger partial charge in [-0.1, -0.05) is 6.92 Å². The molecule has 0 saturated carbocycles. The summed E-state index contributed by atoms with van der Waals surface area (Å²) >= 11 is 1.13. The number of aliphatic imine (C=N–C) groups is 1. The number of anilines is 1. The topological polar surface area (TPSA) is 98.5 Å². The van der Waals surface area contributed by atoms with Crippen LogP contribution in [0, 0.1) is 5.82 Å². The van der Waals surface area contributed by atoms with E-state index in [1.165, 1.54) is 35.3 Å². The molecule has 0 atom stereocenters. The quantitative estimate of drug-likeness (QED) is 0.252. The molecule has 1 aromatic heterocycles. The molecule has 0 radical (unpaired) electrons. The van der Waals surface area contributed by atoms with Crippen molar-refractivity contribution in [3.05, 3.63) is 54.6 Å². The Kier molecular flexibility index (Phi) is 8.22. The van der Waals surface area contributed by atoms with Gasteiger partial charge in [-0.15, -0.1) is 30.0 Å². The Balaban J connectivity index is 1.67. The normalized spacial score (nSPS) is 11.9. The first-order valence-corrected chi connectivity index (χ1v) is 11.1. The highest BCUT2D eigenvalue weighted by Crippen LogP contribution is 2.25. The third-order valence-electron chi connectivity index (χ3n) is 4.39. The zero-order valence-electron chi connectivity index (χ0n) is 18.5. The van der Waals surface area contributed by atoms with Gasteiger partial charge in [0.25, 0.3) is 0 Å². The third kappa shape index (κ3) is 7.64. The van der Waals surface area contributed by atoms with Crippen LogP contribution >= 0.6 is 11.8 Å². The first kappa shape index (κ1) is 25.9. The molecular formula is C22H19F4N5O3S. The third-order valence-corrected chi connectivity index (χ3v) is 5.37. The second kappa shape index (κ2) is 11.1. The average molecular weight is 509 g/mol. The summed E-state index contributed by atoms with van der Waals surface area (Å²) in [6.07, 6.45) is -3.09. The number of aromatic nitrogens is 3. The fourth-order valence-corrected chi connectivity index (χ4v) is 3.40. The number of thioether (sulfide) groups is 1. The molecule has 35 heavy (non-hydrogen) atoms. The monoisotopic (exact) mass is 509 g/mol. The molecule has 13 heteroatoms. The first-order valence-electron chi connectivity index (χ1n) is 10.1. The van der Waals surface area contributed by atoms with Crippen LogP contribution in [-0.2, 0) is 4.79 Å². The van der Waals surface area contributed by atoms with E-state index in [1.807, 2.05) is 0 Å². The van der Waals surface area contributed by atoms with Crippen molar-refractivity contribution in [2.75, 3.05) is 11.1 Å². The van der Waals surface area contributed by atoms with E-state index in [1.54, 1.807) is 13.8 Å². The van der Waals surface area contributed by atoms with Crippen LogP contribution in [-0.4, -0.2) is 43.7 Å². The van der Waals surface area contributed by atoms with E-state index in [0.717, 1.165) is 30.0 Å². The number of nitrogens with zero attached hydrogens (tertiary/aromatic N) is 4. The summed E-state index contributed by atoms with van der Waals surface area (Å²) < 4.78 is 56.6. The van der Waals surface area contributed by atoms with E-state index >= 15 is 0 Å². The second-order valence-corrected chi connectivity index (χ2v) is 8.16. The molecule has 1 N–H and O–H groups in total. The first-order chi connectivity index (χ1) is 16.5. The number of urea groups is 1. The number of carbonyl (C=O) groups is 2. The molecule has 0 spiro atoms. The molecule has 8 nitrogen and oxygen atoms in total. The van der Waals surface area contributed by atoms with Crippen LogP contribution in [0.5, 0.6) is 5.75 Å². The Morgan fingerprint density at radius 1 is 1.17 bits per heavy atom. The van der Waals surface area contributed by atoms with Gasteiger partial charge in [0, 0.05) is 12.0 Å². The van der Waals surface area contributed by atoms with Crippen molar-refractivity contribution >= 4 is 34.3 Å². The molecule has 0 aliphatic heterocycles. The van der Waals surface area contributed by atoms with Crippen molar-refractivity contribution in [3.63, 3.8) is 0 Å². The number of nitrogens with one attached hydrogen (secondary N) is 1. The van der Waals surface area contributed by atoms with Crippen LogP contribution in [0.25, 0.3) is 17.1 Å². The smallest absolute Gasteiger partial charge is 0.406 e. The number of benzene rings is 2. The van der Waals surface area contributed by atoms with E-state index < -0.39 is 18.2 Å². The molecule has 0 aliphatic carbocycles. The Morgan fingerprint density at radius 2 is 1.89 bits per heavy atom. The summed E-state index contributed by atoms with van der Waals surface area (Å²) in [4.78, 5) is 31.3. The van der Waals surface area contributed by atoms with Crippen LogP contribution in [0.3, 0.4) is 0 Å². The maximum Gasteiger partial charge on any atom is 0.573 e. The van der Waals surface area contributed by atoms with Crippen molar-refractivity contribution in [2.45, 2.75) is 26.6 Å². The second-order valence-electron chi connectivity index (χ2n) is 6.99. The van der Waals surface area contributed by atoms with Crippen LogP contribution in [0.1, 0.15) is 20.3 Å². The van der Waals surface area contributed by atoms with Crippen molar-refractivity contribution in [3.8, 4) is 22.8 Å². The van der Waals surface area contributed by atoms with Gasteiger partial charge in [-0.3, -0.25) is 4.79 Å². The molecule has 2 amide bonds. The Hall–Kier alpha value is -3.74. The van der Waals surface area contributed by atoms with Gasteiger partial charge in [0.05, 0.1) is 22.2 Å². The summed E-state index contributed by atoms with van der Waals surface area (Å²) in [5.41, 5.74) is 0.614. The number of hydrogen-bond acceptors (Lipinski definition) is 6. The Morgan fingerprint density at radius 3 is 2.51 bits per heavy atom. The number of hydrogen-bond donors (Lipinski definition) is 1. The number of alkyl halides is 3. The molecule has 2 aromatic carbocycles. The molecule has 0 fully saturated rings. The molecule has 1 heterocycles. The van der Waals surface area contributed by atoms with Gasteiger partial charge >= 0.3 is 12.4 Å². The lowest BCUT2D eigenvalue weighted by atomic mass is 10.2. The van der Waals surface area contributed by atoms with Crippen LogP contribution in [0.2, 0.25) is 0 Å². The largest absolute Gasteiger partial charge is 0.573 e. The summed E-state index contributed by atoms with van der Waals surface area (Å²) in [6.45, 7) is 3.31. The predicted octanol–water partition coefficient (Wildman–Crippen LogP) is 5.63. The molecule has 0 bridgehead atoms. The van der Waals surface area contributed by atoms with Gasteiger partial charge in [0.15, 0.2) is 5.82 Å². The van der Waals surface area contributed by atoms with Gasteiger partial charge in [-0.2, -0.15) is 4.99 Å². The Bertz CT molecular complexity index is 1240. The van der Waals surface area contributed by atoms with Gasteiger partial charge in [0.1, 0.15) is 23.7 Å². The minimum absolute atomic E-state index is 0.0233. The lowest BCUT2D eigenvalue weighted by Gasteiger charge is -2.09. The van der Waals surface area contributed by atoms with E-state index in [9.17, 15) is 27.2 Å². The SMILES string of the molecule is CCC(=O)CSC(C)=NC(=O)Nc1ccc(-c2ncn(-c3ccc(OC(F)(F)F)cc3)n2)cc1F. The zero-order valence-corrected chi connectivity index (χ0v) is 19.3. The van der Waals surface area contributed by atoms with Gasteiger partial charge in [-0.25, -0.2) is 18.9 Å². The summed E-state index contributed by atoms with van der Waals surface area (Å²) in [6, 6.07) is 8.13. The van der Waals surface area contributed by atoms with Crippen molar-refractivity contribution in [1.29, 1.82) is 0 Å². The summed E-state index contributed by atoms with van der Waals surface area (Å²) in [5.74, 6) is -0.748. The maximum absolute atomic E-state index is 14.6. The van der Waals surface area contributed by atoms with Crippen molar-refractivity contribution < 1.29 is 31.9 Å². The van der Waals surface area contributed by atoms with Gasteiger partial charge in [0.2, 0.25) is 0 Å². The lowest BCUT2D eigenvalue weighted by Crippen LogP contribution is -2.17. The van der Waals surface area contributed by atoms with Crippen molar-refractivity contribution in [2.24, 2.45) is 4.99 Å². The van der Waals surface area contributed by atoms with Crippen LogP contribution in [0.4, 0.5) is 28.0 Å². The summed E-state index contributed by atoms with van der Waals surface area (Å²) in [5, 5.41) is 6.91. The molecule has 3 aromatic rings. The molecule has 0 aliphatic rings. The highest BCUT2D eigenvalue weighted by Gasteiger charge is 2.31. The van der Waals surface area contributed by atoms with E-state index in [-0.39, 0.29) is 28.8 Å². The zero-order chi connectivity index (χ0) is 25.6. The highest BCUT2D eigenvalue weighted by molar-refractivity contribution is 8.14. The number of ketones is 1. The van der Waals surface area contributed by atoms with E-state index in [2.05, 4.69) is 25.1 Å². The predicted molar refractivity (Wildman–Crippen MR) is 123 cm³/mol.